The number of carbonyl (C=O) groups excluding carboxylic acids is 1. The van der Waals surface area contributed by atoms with Crippen molar-refractivity contribution in [2.75, 3.05) is 24.3 Å². The van der Waals surface area contributed by atoms with E-state index in [2.05, 4.69) is 10.3 Å². The number of amides is 1. The van der Waals surface area contributed by atoms with Crippen molar-refractivity contribution in [3.05, 3.63) is 72.4 Å². The summed E-state index contributed by atoms with van der Waals surface area (Å²) in [5.41, 5.74) is 3.68. The van der Waals surface area contributed by atoms with Crippen molar-refractivity contribution < 1.29 is 4.79 Å². The van der Waals surface area contributed by atoms with E-state index >= 15 is 0 Å². The number of rotatable bonds is 4. The molecule has 0 atom stereocenters. The first-order valence-electron chi connectivity index (χ1n) is 7.74. The average Bonchev–Trinajstić information content (AvgIpc) is 2.60. The first kappa shape index (κ1) is 15.7. The molecule has 120 valence electrons. The van der Waals surface area contributed by atoms with Crippen LogP contribution in [0.3, 0.4) is 0 Å². The molecule has 0 saturated heterocycles. The molecule has 0 fully saturated rings. The second-order valence-electron chi connectivity index (χ2n) is 5.65. The summed E-state index contributed by atoms with van der Waals surface area (Å²) in [6.45, 7) is 0. The predicted molar refractivity (Wildman–Crippen MR) is 100 cm³/mol. The SMILES string of the molecule is CN(C)c1ccccc1/C=C/C(=O)Nc1ccnc2ccccc12. The van der Waals surface area contributed by atoms with Gasteiger partial charge in [-0.1, -0.05) is 36.4 Å². The monoisotopic (exact) mass is 317 g/mol. The normalized spacial score (nSPS) is 10.9. The molecule has 3 rings (SSSR count). The molecule has 4 nitrogen and oxygen atoms in total. The van der Waals surface area contributed by atoms with Crippen LogP contribution in [0.25, 0.3) is 17.0 Å². The summed E-state index contributed by atoms with van der Waals surface area (Å²) in [5.74, 6) is -0.167. The van der Waals surface area contributed by atoms with E-state index in [1.54, 1.807) is 12.3 Å². The molecule has 0 radical (unpaired) electrons. The van der Waals surface area contributed by atoms with E-state index < -0.39 is 0 Å². The maximum atomic E-state index is 12.3. The van der Waals surface area contributed by atoms with Gasteiger partial charge in [-0.25, -0.2) is 0 Å². The zero-order valence-corrected chi connectivity index (χ0v) is 13.7. The number of nitrogens with one attached hydrogen (secondary N) is 1. The minimum absolute atomic E-state index is 0.167. The third kappa shape index (κ3) is 3.43. The molecule has 0 aliphatic carbocycles. The van der Waals surface area contributed by atoms with E-state index in [1.807, 2.05) is 79.7 Å². The van der Waals surface area contributed by atoms with Crippen molar-refractivity contribution in [3.63, 3.8) is 0 Å². The minimum atomic E-state index is -0.167. The lowest BCUT2D eigenvalue weighted by Gasteiger charge is -2.15. The van der Waals surface area contributed by atoms with Crippen molar-refractivity contribution in [3.8, 4) is 0 Å². The van der Waals surface area contributed by atoms with Gasteiger partial charge in [0.2, 0.25) is 5.91 Å². The molecule has 0 aliphatic rings. The van der Waals surface area contributed by atoms with Crippen LogP contribution < -0.4 is 10.2 Å². The van der Waals surface area contributed by atoms with Crippen LogP contribution in [0.15, 0.2) is 66.9 Å². The molecule has 0 saturated carbocycles. The second-order valence-corrected chi connectivity index (χ2v) is 5.65. The number of hydrogen-bond donors (Lipinski definition) is 1. The van der Waals surface area contributed by atoms with Gasteiger partial charge in [-0.3, -0.25) is 9.78 Å². The summed E-state index contributed by atoms with van der Waals surface area (Å²) < 4.78 is 0. The van der Waals surface area contributed by atoms with Gasteiger partial charge in [0.1, 0.15) is 0 Å². The smallest absolute Gasteiger partial charge is 0.248 e. The van der Waals surface area contributed by atoms with E-state index in [9.17, 15) is 4.79 Å². The molecule has 1 aromatic heterocycles. The van der Waals surface area contributed by atoms with Gasteiger partial charge in [0.05, 0.1) is 11.2 Å². The van der Waals surface area contributed by atoms with Gasteiger partial charge >= 0.3 is 0 Å². The molecule has 1 N–H and O–H groups in total. The Morgan fingerprint density at radius 2 is 1.79 bits per heavy atom. The lowest BCUT2D eigenvalue weighted by Crippen LogP contribution is -2.10. The van der Waals surface area contributed by atoms with Crippen molar-refractivity contribution in [2.45, 2.75) is 0 Å². The Kier molecular flexibility index (Phi) is 4.57. The number of carbonyl (C=O) groups is 1. The number of para-hydroxylation sites is 2. The molecule has 0 aliphatic heterocycles. The number of anilines is 2. The van der Waals surface area contributed by atoms with Gasteiger partial charge < -0.3 is 10.2 Å². The van der Waals surface area contributed by atoms with Gasteiger partial charge in [0.25, 0.3) is 0 Å². The summed E-state index contributed by atoms with van der Waals surface area (Å²) in [5, 5.41) is 3.85. The topological polar surface area (TPSA) is 45.2 Å². The number of nitrogens with zero attached hydrogens (tertiary/aromatic N) is 2. The van der Waals surface area contributed by atoms with Crippen LogP contribution in [0.1, 0.15) is 5.56 Å². The van der Waals surface area contributed by atoms with Crippen LogP contribution >= 0.6 is 0 Å². The Hall–Kier alpha value is -3.14. The Bertz CT molecular complexity index is 895. The standard InChI is InChI=1S/C20H19N3O/c1-23(2)19-10-6-3-7-15(19)11-12-20(24)22-18-13-14-21-17-9-5-4-8-16(17)18/h3-14H,1-2H3,(H,21,22,24)/b12-11+. The van der Waals surface area contributed by atoms with Crippen LogP contribution in [0.4, 0.5) is 11.4 Å². The van der Waals surface area contributed by atoms with E-state index in [-0.39, 0.29) is 5.91 Å². The summed E-state index contributed by atoms with van der Waals surface area (Å²) >= 11 is 0. The van der Waals surface area contributed by atoms with Crippen LogP contribution in [0.2, 0.25) is 0 Å². The third-order valence-corrected chi connectivity index (χ3v) is 3.74. The van der Waals surface area contributed by atoms with Crippen molar-refractivity contribution in [1.29, 1.82) is 0 Å². The summed E-state index contributed by atoms with van der Waals surface area (Å²) in [6.07, 6.45) is 5.08. The number of pyridine rings is 1. The second kappa shape index (κ2) is 6.96. The maximum Gasteiger partial charge on any atom is 0.248 e. The van der Waals surface area contributed by atoms with Crippen LogP contribution in [-0.2, 0) is 4.79 Å². The van der Waals surface area contributed by atoms with Crippen LogP contribution in [0.5, 0.6) is 0 Å². The maximum absolute atomic E-state index is 12.3. The summed E-state index contributed by atoms with van der Waals surface area (Å²) in [6, 6.07) is 17.5. The van der Waals surface area contributed by atoms with Gasteiger partial charge in [-0.15, -0.1) is 0 Å². The molecule has 0 bridgehead atoms. The fourth-order valence-corrected chi connectivity index (χ4v) is 2.58. The van der Waals surface area contributed by atoms with Crippen molar-refractivity contribution in [1.82, 2.24) is 4.98 Å². The highest BCUT2D eigenvalue weighted by atomic mass is 16.1. The Balaban J connectivity index is 1.81. The third-order valence-electron chi connectivity index (χ3n) is 3.74. The van der Waals surface area contributed by atoms with Gasteiger partial charge in [0, 0.05) is 37.4 Å². The first-order valence-corrected chi connectivity index (χ1v) is 7.74. The molecule has 1 amide bonds. The fourth-order valence-electron chi connectivity index (χ4n) is 2.58. The zero-order valence-electron chi connectivity index (χ0n) is 13.7. The lowest BCUT2D eigenvalue weighted by atomic mass is 10.1. The number of fused-ring (bicyclic) bond motifs is 1. The highest BCUT2D eigenvalue weighted by Gasteiger charge is 2.05. The van der Waals surface area contributed by atoms with Crippen LogP contribution in [-0.4, -0.2) is 25.0 Å². The van der Waals surface area contributed by atoms with Crippen molar-refractivity contribution in [2.24, 2.45) is 0 Å². The molecule has 0 unspecified atom stereocenters. The number of benzene rings is 2. The fraction of sp³-hybridized carbons (Fsp3) is 0.100. The predicted octanol–water partition coefficient (Wildman–Crippen LogP) is 3.95. The largest absolute Gasteiger partial charge is 0.377 e. The lowest BCUT2D eigenvalue weighted by molar-refractivity contribution is -0.111. The Morgan fingerprint density at radius 3 is 2.62 bits per heavy atom. The zero-order chi connectivity index (χ0) is 16.9. The Labute approximate surface area is 141 Å². The molecule has 0 spiro atoms. The van der Waals surface area contributed by atoms with E-state index in [0.29, 0.717) is 0 Å². The molecular formula is C20H19N3O. The number of hydrogen-bond acceptors (Lipinski definition) is 3. The number of aromatic nitrogens is 1. The molecule has 24 heavy (non-hydrogen) atoms. The average molecular weight is 317 g/mol. The summed E-state index contributed by atoms with van der Waals surface area (Å²) in [4.78, 5) is 18.6. The van der Waals surface area contributed by atoms with Gasteiger partial charge in [0.15, 0.2) is 0 Å². The highest BCUT2D eigenvalue weighted by molar-refractivity contribution is 6.07. The van der Waals surface area contributed by atoms with E-state index in [4.69, 9.17) is 0 Å². The van der Waals surface area contributed by atoms with Gasteiger partial charge in [-0.05, 0) is 29.8 Å². The summed E-state index contributed by atoms with van der Waals surface area (Å²) in [7, 11) is 3.96. The van der Waals surface area contributed by atoms with Crippen molar-refractivity contribution >= 4 is 34.3 Å². The minimum Gasteiger partial charge on any atom is -0.377 e. The Morgan fingerprint density at radius 1 is 1.04 bits per heavy atom. The van der Waals surface area contributed by atoms with Gasteiger partial charge in [-0.2, -0.15) is 0 Å². The molecular weight excluding hydrogens is 298 g/mol. The molecule has 3 aromatic rings. The highest BCUT2D eigenvalue weighted by Crippen LogP contribution is 2.22. The van der Waals surface area contributed by atoms with E-state index in [0.717, 1.165) is 27.8 Å². The van der Waals surface area contributed by atoms with Crippen LogP contribution in [0, 0.1) is 0 Å². The quantitative estimate of drug-likeness (QED) is 0.741. The molecule has 2 aromatic carbocycles. The molecule has 1 heterocycles. The molecule has 4 heteroatoms. The first-order chi connectivity index (χ1) is 11.6. The van der Waals surface area contributed by atoms with E-state index in [1.165, 1.54) is 0 Å².